The molecule has 0 atom stereocenters. The van der Waals surface area contributed by atoms with E-state index in [-0.39, 0.29) is 30.9 Å². The van der Waals surface area contributed by atoms with Gasteiger partial charge in [0.25, 0.3) is 5.89 Å². The highest BCUT2D eigenvalue weighted by Crippen LogP contribution is 2.32. The van der Waals surface area contributed by atoms with Gasteiger partial charge in [0.15, 0.2) is 0 Å². The van der Waals surface area contributed by atoms with E-state index in [0.29, 0.717) is 33.8 Å². The molecular formula is C26H23ClN4O6. The number of nitrogens with zero attached hydrogens (tertiary/aromatic N) is 3. The van der Waals surface area contributed by atoms with E-state index in [1.807, 2.05) is 38.1 Å². The highest BCUT2D eigenvalue weighted by Gasteiger charge is 2.25. The van der Waals surface area contributed by atoms with Crippen molar-refractivity contribution >= 4 is 35.1 Å². The third-order valence-electron chi connectivity index (χ3n) is 5.38. The molecule has 0 unspecified atom stereocenters. The number of benzene rings is 3. The summed E-state index contributed by atoms with van der Waals surface area (Å²) in [6.07, 6.45) is -0.0800. The second-order valence-electron chi connectivity index (χ2n) is 8.22. The van der Waals surface area contributed by atoms with Gasteiger partial charge in [-0.05, 0) is 48.4 Å². The van der Waals surface area contributed by atoms with Crippen LogP contribution in [0.1, 0.15) is 25.0 Å². The van der Waals surface area contributed by atoms with Crippen LogP contribution in [0.4, 0.5) is 0 Å². The minimum atomic E-state index is -1.72. The van der Waals surface area contributed by atoms with E-state index in [0.717, 1.165) is 10.8 Å². The van der Waals surface area contributed by atoms with Crippen LogP contribution in [0, 0.1) is 11.3 Å². The summed E-state index contributed by atoms with van der Waals surface area (Å²) in [7, 11) is 0. The van der Waals surface area contributed by atoms with Gasteiger partial charge in [0, 0.05) is 17.7 Å². The number of hydrogen-bond acceptors (Lipinski definition) is 8. The van der Waals surface area contributed by atoms with Crippen LogP contribution >= 0.6 is 12.4 Å². The van der Waals surface area contributed by atoms with Gasteiger partial charge in [0.05, 0.1) is 11.7 Å². The highest BCUT2D eigenvalue weighted by molar-refractivity contribution is 5.98. The van der Waals surface area contributed by atoms with Crippen molar-refractivity contribution in [3.63, 3.8) is 0 Å². The van der Waals surface area contributed by atoms with E-state index in [9.17, 15) is 14.9 Å². The lowest BCUT2D eigenvalue weighted by molar-refractivity contribution is -0.151. The van der Waals surface area contributed by atoms with Gasteiger partial charge in [0.1, 0.15) is 11.8 Å². The first-order chi connectivity index (χ1) is 17.3. The Morgan fingerprint density at radius 1 is 1.08 bits per heavy atom. The molecule has 190 valence electrons. The highest BCUT2D eigenvalue weighted by atomic mass is 35.5. The predicted molar refractivity (Wildman–Crippen MR) is 136 cm³/mol. The van der Waals surface area contributed by atoms with Crippen molar-refractivity contribution in [1.29, 1.82) is 5.26 Å². The zero-order chi connectivity index (χ0) is 25.8. The van der Waals surface area contributed by atoms with Gasteiger partial charge in [-0.1, -0.05) is 41.6 Å². The standard InChI is InChI=1S/C26H22N4O6.ClH/c1-14(2)35-21-10-8-15(11-17(21)12-27)24-29-23(30-36-24)20-9-7-16(18-5-3-4-6-19(18)20)13-28-22(25(31)32)26(33)34;/h3-11,14,22,28H,13H2,1-2H3,(H,31,32)(H,33,34);1H. The third-order valence-corrected chi connectivity index (χ3v) is 5.38. The molecular weight excluding hydrogens is 500 g/mol. The molecule has 0 radical (unpaired) electrons. The molecule has 0 aliphatic heterocycles. The lowest BCUT2D eigenvalue weighted by Crippen LogP contribution is -2.42. The van der Waals surface area contributed by atoms with Gasteiger partial charge in [-0.15, -0.1) is 12.4 Å². The van der Waals surface area contributed by atoms with Gasteiger partial charge in [-0.2, -0.15) is 10.2 Å². The Morgan fingerprint density at radius 3 is 2.43 bits per heavy atom. The van der Waals surface area contributed by atoms with Crippen molar-refractivity contribution in [1.82, 2.24) is 15.5 Å². The molecule has 3 N–H and O–H groups in total. The second kappa shape index (κ2) is 11.5. The van der Waals surface area contributed by atoms with Crippen molar-refractivity contribution in [3.05, 3.63) is 65.7 Å². The van der Waals surface area contributed by atoms with Crippen LogP contribution in [-0.4, -0.2) is 44.4 Å². The van der Waals surface area contributed by atoms with E-state index < -0.39 is 18.0 Å². The Balaban J connectivity index is 0.00000380. The topological polar surface area (TPSA) is 159 Å². The zero-order valence-electron chi connectivity index (χ0n) is 19.8. The number of carboxylic acids is 2. The van der Waals surface area contributed by atoms with Crippen LogP contribution in [0.15, 0.2) is 59.1 Å². The minimum Gasteiger partial charge on any atom is -0.490 e. The number of nitriles is 1. The van der Waals surface area contributed by atoms with Crippen LogP contribution in [0.5, 0.6) is 5.75 Å². The number of nitrogens with one attached hydrogen (secondary N) is 1. The molecule has 4 aromatic rings. The summed E-state index contributed by atoms with van der Waals surface area (Å²) >= 11 is 0. The number of aliphatic carboxylic acids is 2. The first kappa shape index (κ1) is 27.1. The molecule has 11 heteroatoms. The summed E-state index contributed by atoms with van der Waals surface area (Å²) in [4.78, 5) is 26.9. The van der Waals surface area contributed by atoms with Crippen molar-refractivity contribution in [3.8, 4) is 34.7 Å². The summed E-state index contributed by atoms with van der Waals surface area (Å²) < 4.78 is 11.1. The third kappa shape index (κ3) is 5.86. The Morgan fingerprint density at radius 2 is 1.78 bits per heavy atom. The Kier molecular flexibility index (Phi) is 8.45. The second-order valence-corrected chi connectivity index (χ2v) is 8.22. The molecule has 37 heavy (non-hydrogen) atoms. The molecule has 1 aromatic heterocycles. The maximum atomic E-state index is 11.2. The van der Waals surface area contributed by atoms with Crippen LogP contribution < -0.4 is 10.1 Å². The van der Waals surface area contributed by atoms with Crippen LogP contribution in [0.2, 0.25) is 0 Å². The van der Waals surface area contributed by atoms with E-state index in [2.05, 4.69) is 21.5 Å². The first-order valence-corrected chi connectivity index (χ1v) is 11.0. The van der Waals surface area contributed by atoms with Crippen molar-refractivity contribution in [2.75, 3.05) is 0 Å². The fourth-order valence-corrected chi connectivity index (χ4v) is 3.76. The molecule has 0 aliphatic rings. The molecule has 10 nitrogen and oxygen atoms in total. The SMILES string of the molecule is CC(C)Oc1ccc(-c2nc(-c3ccc(CNC(C(=O)O)C(=O)O)c4ccccc34)no2)cc1C#N.Cl. The van der Waals surface area contributed by atoms with E-state index in [4.69, 9.17) is 19.5 Å². The molecule has 4 rings (SSSR count). The quantitative estimate of drug-likeness (QED) is 0.271. The average molecular weight is 523 g/mol. The fourth-order valence-electron chi connectivity index (χ4n) is 3.76. The summed E-state index contributed by atoms with van der Waals surface area (Å²) in [5, 5.41) is 36.0. The van der Waals surface area contributed by atoms with Gasteiger partial charge in [0.2, 0.25) is 11.9 Å². The molecule has 0 saturated carbocycles. The smallest absolute Gasteiger partial charge is 0.332 e. The lowest BCUT2D eigenvalue weighted by Gasteiger charge is -2.13. The van der Waals surface area contributed by atoms with E-state index in [1.54, 1.807) is 30.3 Å². The van der Waals surface area contributed by atoms with Crippen LogP contribution in [-0.2, 0) is 16.1 Å². The number of rotatable bonds is 9. The summed E-state index contributed by atoms with van der Waals surface area (Å²) in [5.74, 6) is -1.90. The van der Waals surface area contributed by atoms with Crippen LogP contribution in [0.25, 0.3) is 33.6 Å². The average Bonchev–Trinajstić information content (AvgIpc) is 3.33. The summed E-state index contributed by atoms with van der Waals surface area (Å²) in [5.41, 5.74) is 2.31. The Hall–Kier alpha value is -4.46. The number of fused-ring (bicyclic) bond motifs is 1. The maximum Gasteiger partial charge on any atom is 0.332 e. The lowest BCUT2D eigenvalue weighted by atomic mass is 9.99. The van der Waals surface area contributed by atoms with Gasteiger partial charge in [-0.25, -0.2) is 9.59 Å². The van der Waals surface area contributed by atoms with Gasteiger partial charge in [-0.3, -0.25) is 5.32 Å². The van der Waals surface area contributed by atoms with Gasteiger partial charge < -0.3 is 19.5 Å². The minimum absolute atomic E-state index is 0. The number of aromatic nitrogens is 2. The molecule has 3 aromatic carbocycles. The van der Waals surface area contributed by atoms with Crippen molar-refractivity contribution < 1.29 is 29.1 Å². The largest absolute Gasteiger partial charge is 0.490 e. The molecule has 0 amide bonds. The zero-order valence-corrected chi connectivity index (χ0v) is 20.7. The van der Waals surface area contributed by atoms with Crippen LogP contribution in [0.3, 0.4) is 0 Å². The van der Waals surface area contributed by atoms with E-state index in [1.165, 1.54) is 0 Å². The number of halogens is 1. The number of ether oxygens (including phenoxy) is 1. The predicted octanol–water partition coefficient (Wildman–Crippen LogP) is 4.26. The van der Waals surface area contributed by atoms with E-state index >= 15 is 0 Å². The number of hydrogen-bond donors (Lipinski definition) is 3. The Bertz CT molecular complexity index is 1480. The van der Waals surface area contributed by atoms with Crippen molar-refractivity contribution in [2.45, 2.75) is 32.5 Å². The molecule has 1 heterocycles. The molecule has 0 saturated heterocycles. The monoisotopic (exact) mass is 522 g/mol. The van der Waals surface area contributed by atoms with Gasteiger partial charge >= 0.3 is 11.9 Å². The normalized spacial score (nSPS) is 10.8. The number of carbonyl (C=O) groups is 2. The summed E-state index contributed by atoms with van der Waals surface area (Å²) in [6, 6.07) is 16.4. The molecule has 0 fully saturated rings. The maximum absolute atomic E-state index is 11.2. The van der Waals surface area contributed by atoms with Crippen molar-refractivity contribution in [2.24, 2.45) is 0 Å². The molecule has 0 aliphatic carbocycles. The number of carboxylic acid groups (broad SMARTS) is 2. The summed E-state index contributed by atoms with van der Waals surface area (Å²) in [6.45, 7) is 3.78. The Labute approximate surface area is 217 Å². The molecule has 0 spiro atoms. The molecule has 0 bridgehead atoms. The first-order valence-electron chi connectivity index (χ1n) is 11.0. The fraction of sp³-hybridized carbons (Fsp3) is 0.192.